The molecule has 0 unspecified atom stereocenters. The van der Waals surface area contributed by atoms with Gasteiger partial charge < -0.3 is 10.4 Å². The standard InChI is InChI=1S/C16H21NO3/c1-10-3-5-12(6-4-10)11(2)17-15(18)13-7-8-14(9-13)16(19)20/h3-6,11,13-14H,7-9H2,1-2H3,(H,17,18)(H,19,20)/t11-,13+,14-/m0/s1. The maximum absolute atomic E-state index is 12.2. The van der Waals surface area contributed by atoms with Gasteiger partial charge in [0.05, 0.1) is 12.0 Å². The summed E-state index contributed by atoms with van der Waals surface area (Å²) in [5.41, 5.74) is 2.25. The number of carbonyl (C=O) groups is 2. The van der Waals surface area contributed by atoms with Crippen LogP contribution in [-0.4, -0.2) is 17.0 Å². The van der Waals surface area contributed by atoms with Crippen LogP contribution in [0.2, 0.25) is 0 Å². The average molecular weight is 275 g/mol. The van der Waals surface area contributed by atoms with Gasteiger partial charge in [-0.05, 0) is 38.7 Å². The molecule has 0 bridgehead atoms. The zero-order valence-electron chi connectivity index (χ0n) is 11.9. The predicted octanol–water partition coefficient (Wildman–Crippen LogP) is 2.67. The molecule has 1 aliphatic rings. The van der Waals surface area contributed by atoms with Crippen LogP contribution in [0.15, 0.2) is 24.3 Å². The molecule has 1 amide bonds. The summed E-state index contributed by atoms with van der Waals surface area (Å²) < 4.78 is 0. The Hall–Kier alpha value is -1.84. The van der Waals surface area contributed by atoms with E-state index in [1.165, 1.54) is 5.56 Å². The summed E-state index contributed by atoms with van der Waals surface area (Å²) in [6.07, 6.45) is 1.73. The highest BCUT2D eigenvalue weighted by molar-refractivity contribution is 5.81. The van der Waals surface area contributed by atoms with E-state index in [1.54, 1.807) is 0 Å². The van der Waals surface area contributed by atoms with E-state index in [-0.39, 0.29) is 23.8 Å². The molecule has 0 saturated heterocycles. The van der Waals surface area contributed by atoms with Crippen LogP contribution in [0.1, 0.15) is 43.4 Å². The summed E-state index contributed by atoms with van der Waals surface area (Å²) >= 11 is 0. The van der Waals surface area contributed by atoms with E-state index in [1.807, 2.05) is 38.1 Å². The number of rotatable bonds is 4. The number of aliphatic carboxylic acids is 1. The maximum atomic E-state index is 12.2. The van der Waals surface area contributed by atoms with Crippen molar-refractivity contribution in [3.05, 3.63) is 35.4 Å². The Morgan fingerprint density at radius 2 is 1.80 bits per heavy atom. The molecule has 20 heavy (non-hydrogen) atoms. The Morgan fingerprint density at radius 1 is 1.20 bits per heavy atom. The van der Waals surface area contributed by atoms with Crippen molar-refractivity contribution < 1.29 is 14.7 Å². The molecule has 0 heterocycles. The monoisotopic (exact) mass is 275 g/mol. The molecule has 0 radical (unpaired) electrons. The summed E-state index contributed by atoms with van der Waals surface area (Å²) in [6, 6.07) is 8.01. The fourth-order valence-electron chi connectivity index (χ4n) is 2.71. The Balaban J connectivity index is 1.91. The van der Waals surface area contributed by atoms with E-state index in [0.29, 0.717) is 19.3 Å². The minimum atomic E-state index is -0.785. The lowest BCUT2D eigenvalue weighted by atomic mass is 10.0. The molecule has 1 aromatic carbocycles. The van der Waals surface area contributed by atoms with Gasteiger partial charge in [-0.3, -0.25) is 9.59 Å². The number of amides is 1. The molecule has 1 aliphatic carbocycles. The van der Waals surface area contributed by atoms with E-state index in [0.717, 1.165) is 5.56 Å². The van der Waals surface area contributed by atoms with Gasteiger partial charge in [0.2, 0.25) is 5.91 Å². The van der Waals surface area contributed by atoms with Gasteiger partial charge >= 0.3 is 5.97 Å². The number of hydrogen-bond acceptors (Lipinski definition) is 2. The van der Waals surface area contributed by atoms with Crippen molar-refractivity contribution in [3.8, 4) is 0 Å². The second-order valence-electron chi connectivity index (χ2n) is 5.69. The summed E-state index contributed by atoms with van der Waals surface area (Å²) in [5.74, 6) is -1.34. The Bertz CT molecular complexity index is 495. The zero-order chi connectivity index (χ0) is 14.7. The number of benzene rings is 1. The van der Waals surface area contributed by atoms with Gasteiger partial charge in [-0.25, -0.2) is 0 Å². The summed E-state index contributed by atoms with van der Waals surface area (Å²) in [4.78, 5) is 23.1. The highest BCUT2D eigenvalue weighted by Crippen LogP contribution is 2.31. The number of hydrogen-bond donors (Lipinski definition) is 2. The van der Waals surface area contributed by atoms with E-state index >= 15 is 0 Å². The maximum Gasteiger partial charge on any atom is 0.306 e. The molecule has 1 aromatic rings. The van der Waals surface area contributed by atoms with E-state index in [4.69, 9.17) is 5.11 Å². The van der Waals surface area contributed by atoms with Crippen molar-refractivity contribution in [1.29, 1.82) is 0 Å². The molecule has 2 rings (SSSR count). The van der Waals surface area contributed by atoms with Crippen LogP contribution in [0.25, 0.3) is 0 Å². The van der Waals surface area contributed by atoms with Gasteiger partial charge in [-0.2, -0.15) is 0 Å². The van der Waals surface area contributed by atoms with Crippen LogP contribution in [0.3, 0.4) is 0 Å². The van der Waals surface area contributed by atoms with Gasteiger partial charge in [0.15, 0.2) is 0 Å². The molecule has 0 spiro atoms. The fourth-order valence-corrected chi connectivity index (χ4v) is 2.71. The average Bonchev–Trinajstić information content (AvgIpc) is 2.89. The lowest BCUT2D eigenvalue weighted by Crippen LogP contribution is -2.32. The second-order valence-corrected chi connectivity index (χ2v) is 5.69. The predicted molar refractivity (Wildman–Crippen MR) is 76.2 cm³/mol. The lowest BCUT2D eigenvalue weighted by molar-refractivity contribution is -0.141. The molecular formula is C16H21NO3. The first-order valence-electron chi connectivity index (χ1n) is 7.07. The first-order chi connectivity index (χ1) is 9.47. The van der Waals surface area contributed by atoms with Crippen molar-refractivity contribution in [2.75, 3.05) is 0 Å². The van der Waals surface area contributed by atoms with Gasteiger partial charge in [-0.1, -0.05) is 29.8 Å². The van der Waals surface area contributed by atoms with Crippen LogP contribution >= 0.6 is 0 Å². The minimum absolute atomic E-state index is 0.0261. The molecular weight excluding hydrogens is 254 g/mol. The van der Waals surface area contributed by atoms with Crippen LogP contribution in [0.5, 0.6) is 0 Å². The smallest absolute Gasteiger partial charge is 0.306 e. The first-order valence-corrected chi connectivity index (χ1v) is 7.07. The third-order valence-electron chi connectivity index (χ3n) is 4.09. The van der Waals surface area contributed by atoms with E-state index < -0.39 is 5.97 Å². The Labute approximate surface area is 119 Å². The molecule has 1 saturated carbocycles. The van der Waals surface area contributed by atoms with E-state index in [2.05, 4.69) is 5.32 Å². The van der Waals surface area contributed by atoms with Crippen molar-refractivity contribution >= 4 is 11.9 Å². The molecule has 4 nitrogen and oxygen atoms in total. The van der Waals surface area contributed by atoms with Crippen LogP contribution in [-0.2, 0) is 9.59 Å². The first kappa shape index (κ1) is 14.6. The third-order valence-corrected chi connectivity index (χ3v) is 4.09. The van der Waals surface area contributed by atoms with Crippen molar-refractivity contribution in [2.45, 2.75) is 39.2 Å². The lowest BCUT2D eigenvalue weighted by Gasteiger charge is -2.17. The number of carboxylic acids is 1. The molecule has 0 aliphatic heterocycles. The highest BCUT2D eigenvalue weighted by atomic mass is 16.4. The van der Waals surface area contributed by atoms with Gasteiger partial charge in [0.25, 0.3) is 0 Å². The topological polar surface area (TPSA) is 66.4 Å². The zero-order valence-corrected chi connectivity index (χ0v) is 11.9. The SMILES string of the molecule is Cc1ccc([C@H](C)NC(=O)[C@@H]2CC[C@H](C(=O)O)C2)cc1. The second kappa shape index (κ2) is 6.07. The highest BCUT2D eigenvalue weighted by Gasteiger charge is 2.34. The fraction of sp³-hybridized carbons (Fsp3) is 0.500. The number of carbonyl (C=O) groups excluding carboxylic acids is 1. The minimum Gasteiger partial charge on any atom is -0.481 e. The molecule has 2 N–H and O–H groups in total. The van der Waals surface area contributed by atoms with E-state index in [9.17, 15) is 9.59 Å². The van der Waals surface area contributed by atoms with Crippen LogP contribution < -0.4 is 5.32 Å². The normalized spacial score (nSPS) is 23.3. The van der Waals surface area contributed by atoms with Gasteiger partial charge in [-0.15, -0.1) is 0 Å². The number of carboxylic acid groups (broad SMARTS) is 1. The number of nitrogens with one attached hydrogen (secondary N) is 1. The molecule has 1 fully saturated rings. The van der Waals surface area contributed by atoms with Crippen LogP contribution in [0, 0.1) is 18.8 Å². The number of aryl methyl sites for hydroxylation is 1. The van der Waals surface area contributed by atoms with Crippen molar-refractivity contribution in [2.24, 2.45) is 11.8 Å². The van der Waals surface area contributed by atoms with Gasteiger partial charge in [0, 0.05) is 5.92 Å². The molecule has 3 atom stereocenters. The van der Waals surface area contributed by atoms with Gasteiger partial charge in [0.1, 0.15) is 0 Å². The molecule has 4 heteroatoms. The quantitative estimate of drug-likeness (QED) is 0.887. The summed E-state index contributed by atoms with van der Waals surface area (Å²) in [6.45, 7) is 3.98. The Kier molecular flexibility index (Phi) is 4.42. The van der Waals surface area contributed by atoms with Crippen molar-refractivity contribution in [3.63, 3.8) is 0 Å². The third kappa shape index (κ3) is 3.38. The largest absolute Gasteiger partial charge is 0.481 e. The van der Waals surface area contributed by atoms with Crippen molar-refractivity contribution in [1.82, 2.24) is 5.32 Å². The Morgan fingerprint density at radius 3 is 2.35 bits per heavy atom. The summed E-state index contributed by atoms with van der Waals surface area (Å²) in [5, 5.41) is 12.0. The van der Waals surface area contributed by atoms with Crippen LogP contribution in [0.4, 0.5) is 0 Å². The molecule has 0 aromatic heterocycles. The summed E-state index contributed by atoms with van der Waals surface area (Å²) in [7, 11) is 0. The molecule has 108 valence electrons.